The maximum Gasteiger partial charge on any atom is 0.0194 e. The van der Waals surface area contributed by atoms with Crippen LogP contribution in [-0.2, 0) is 6.42 Å². The summed E-state index contributed by atoms with van der Waals surface area (Å²) in [7, 11) is 3.23. The van der Waals surface area contributed by atoms with E-state index >= 15 is 0 Å². The van der Waals surface area contributed by atoms with Gasteiger partial charge in [-0.15, -0.1) is 0 Å². The molecule has 4 heteroatoms. The molecule has 0 fully saturated rings. The second-order valence-electron chi connectivity index (χ2n) is 3.97. The molecule has 0 aromatic heterocycles. The Morgan fingerprint density at radius 3 is 1.65 bits per heavy atom. The first-order valence-electron chi connectivity index (χ1n) is 5.15. The van der Waals surface area contributed by atoms with Crippen LogP contribution in [0.5, 0.6) is 0 Å². The van der Waals surface area contributed by atoms with Crippen molar-refractivity contribution in [3.05, 3.63) is 47.5 Å². The van der Waals surface area contributed by atoms with Crippen LogP contribution in [-0.4, -0.2) is 0 Å². The van der Waals surface area contributed by atoms with Crippen LogP contribution in [0, 0.1) is 0 Å². The van der Waals surface area contributed by atoms with Gasteiger partial charge >= 0.3 is 0 Å². The fourth-order valence-corrected chi connectivity index (χ4v) is 3.99. The van der Waals surface area contributed by atoms with Gasteiger partial charge in [-0.05, 0) is 103 Å². The second-order valence-corrected chi connectivity index (χ2v) is 7.16. The summed E-state index contributed by atoms with van der Waals surface area (Å²) < 4.78 is 0. The van der Waals surface area contributed by atoms with E-state index in [1.165, 1.54) is 32.0 Å². The third kappa shape index (κ3) is 2.21. The molecule has 0 unspecified atom stereocenters. The standard InChI is InChI=1S/C13H8Br2S2/c14-16-10-3-1-8-5-9-2-4-11(17-15)7-13(9)12(8)6-10/h1-4,6-7H,5H2. The Bertz CT molecular complexity index is 530. The molecule has 0 atom stereocenters. The van der Waals surface area contributed by atoms with Gasteiger partial charge in [0.05, 0.1) is 0 Å². The third-order valence-electron chi connectivity index (χ3n) is 3.01. The molecule has 0 radical (unpaired) electrons. The molecule has 0 saturated carbocycles. The van der Waals surface area contributed by atoms with E-state index in [9.17, 15) is 0 Å². The zero-order valence-corrected chi connectivity index (χ0v) is 13.5. The maximum absolute atomic E-state index is 3.44. The molecule has 2 aromatic carbocycles. The van der Waals surface area contributed by atoms with Crippen LogP contribution in [0.4, 0.5) is 0 Å². The maximum atomic E-state index is 3.44. The first-order chi connectivity index (χ1) is 8.31. The minimum atomic E-state index is 1.06. The number of benzene rings is 2. The van der Waals surface area contributed by atoms with E-state index in [4.69, 9.17) is 0 Å². The van der Waals surface area contributed by atoms with E-state index in [1.54, 1.807) is 20.4 Å². The number of halogens is 2. The van der Waals surface area contributed by atoms with Crippen molar-refractivity contribution in [2.75, 3.05) is 0 Å². The second kappa shape index (κ2) is 5.00. The molecule has 2 aromatic rings. The van der Waals surface area contributed by atoms with Crippen LogP contribution in [0.1, 0.15) is 11.1 Å². The molecule has 0 saturated heterocycles. The lowest BCUT2D eigenvalue weighted by atomic mass is 10.1. The number of rotatable bonds is 2. The van der Waals surface area contributed by atoms with Crippen molar-refractivity contribution in [3.8, 4) is 11.1 Å². The van der Waals surface area contributed by atoms with Gasteiger partial charge in [-0.25, -0.2) is 0 Å². The van der Waals surface area contributed by atoms with Crippen molar-refractivity contribution >= 4 is 50.0 Å². The van der Waals surface area contributed by atoms with Gasteiger partial charge in [0.25, 0.3) is 0 Å². The van der Waals surface area contributed by atoms with E-state index in [1.807, 2.05) is 0 Å². The lowest BCUT2D eigenvalue weighted by Gasteiger charge is -2.04. The van der Waals surface area contributed by atoms with Gasteiger partial charge in [0.2, 0.25) is 0 Å². The predicted molar refractivity (Wildman–Crippen MR) is 84.3 cm³/mol. The molecule has 17 heavy (non-hydrogen) atoms. The monoisotopic (exact) mass is 386 g/mol. The van der Waals surface area contributed by atoms with Crippen LogP contribution in [0.15, 0.2) is 46.2 Å². The Morgan fingerprint density at radius 2 is 1.24 bits per heavy atom. The van der Waals surface area contributed by atoms with Gasteiger partial charge in [0, 0.05) is 9.79 Å². The van der Waals surface area contributed by atoms with E-state index < -0.39 is 0 Å². The van der Waals surface area contributed by atoms with E-state index in [-0.39, 0.29) is 0 Å². The van der Waals surface area contributed by atoms with E-state index in [0.29, 0.717) is 0 Å². The molecule has 1 aliphatic rings. The van der Waals surface area contributed by atoms with Crippen molar-refractivity contribution in [3.63, 3.8) is 0 Å². The van der Waals surface area contributed by atoms with Crippen LogP contribution in [0.3, 0.4) is 0 Å². The molecule has 0 bridgehead atoms. The SMILES string of the molecule is BrSc1ccc2c(c1)-c1cc(SBr)ccc1C2. The fourth-order valence-electron chi connectivity index (χ4n) is 2.22. The van der Waals surface area contributed by atoms with Crippen LogP contribution in [0.25, 0.3) is 11.1 Å². The highest BCUT2D eigenvalue weighted by molar-refractivity contribution is 9.50. The Morgan fingerprint density at radius 1 is 0.765 bits per heavy atom. The zero-order valence-electron chi connectivity index (χ0n) is 8.74. The highest BCUT2D eigenvalue weighted by Crippen LogP contribution is 2.41. The summed E-state index contributed by atoms with van der Waals surface area (Å²) in [5.74, 6) is 0. The van der Waals surface area contributed by atoms with Crippen molar-refractivity contribution in [2.45, 2.75) is 16.2 Å². The number of hydrogen-bond acceptors (Lipinski definition) is 2. The minimum Gasteiger partial charge on any atom is -0.0569 e. The molecule has 0 heterocycles. The van der Waals surface area contributed by atoms with Crippen LogP contribution < -0.4 is 0 Å². The summed E-state index contributed by atoms with van der Waals surface area (Å²) >= 11 is 6.88. The Kier molecular flexibility index (Phi) is 3.57. The van der Waals surface area contributed by atoms with Gasteiger partial charge < -0.3 is 0 Å². The Balaban J connectivity index is 2.17. The molecule has 0 spiro atoms. The lowest BCUT2D eigenvalue weighted by molar-refractivity contribution is 1.24. The van der Waals surface area contributed by atoms with Crippen LogP contribution in [0.2, 0.25) is 0 Å². The lowest BCUT2D eigenvalue weighted by Crippen LogP contribution is -1.79. The van der Waals surface area contributed by atoms with Gasteiger partial charge in [-0.1, -0.05) is 12.1 Å². The summed E-state index contributed by atoms with van der Waals surface area (Å²) in [5, 5.41) is 0. The molecule has 3 rings (SSSR count). The highest BCUT2D eigenvalue weighted by atomic mass is 79.9. The Hall–Kier alpha value is 0.1000. The van der Waals surface area contributed by atoms with E-state index in [2.05, 4.69) is 66.0 Å². The average Bonchev–Trinajstić information content (AvgIpc) is 2.75. The van der Waals surface area contributed by atoms with Gasteiger partial charge in [0.15, 0.2) is 0 Å². The first-order valence-corrected chi connectivity index (χ1v) is 10.5. The van der Waals surface area contributed by atoms with Gasteiger partial charge in [0.1, 0.15) is 0 Å². The average molecular weight is 388 g/mol. The minimum absolute atomic E-state index is 1.06. The normalized spacial score (nSPS) is 12.4. The van der Waals surface area contributed by atoms with Crippen molar-refractivity contribution in [2.24, 2.45) is 0 Å². The molecular weight excluding hydrogens is 380 g/mol. The van der Waals surface area contributed by atoms with Gasteiger partial charge in [-0.2, -0.15) is 0 Å². The topological polar surface area (TPSA) is 0 Å². The summed E-state index contributed by atoms with van der Waals surface area (Å²) in [5.41, 5.74) is 5.63. The number of fused-ring (bicyclic) bond motifs is 3. The largest absolute Gasteiger partial charge is 0.0569 e. The predicted octanol–water partition coefficient (Wildman–Crippen LogP) is 6.06. The smallest absolute Gasteiger partial charge is 0.0194 e. The molecule has 86 valence electrons. The fraction of sp³-hybridized carbons (Fsp3) is 0.0769. The molecule has 0 aliphatic heterocycles. The zero-order chi connectivity index (χ0) is 11.8. The summed E-state index contributed by atoms with van der Waals surface area (Å²) in [6.07, 6.45) is 1.06. The quantitative estimate of drug-likeness (QED) is 0.523. The van der Waals surface area contributed by atoms with Gasteiger partial charge in [-0.3, -0.25) is 0 Å². The van der Waals surface area contributed by atoms with Crippen LogP contribution >= 0.6 is 50.0 Å². The molecule has 0 nitrogen and oxygen atoms in total. The third-order valence-corrected chi connectivity index (χ3v) is 6.12. The van der Waals surface area contributed by atoms with Crippen molar-refractivity contribution in [1.82, 2.24) is 0 Å². The summed E-state index contributed by atoms with van der Waals surface area (Å²) in [4.78, 5) is 2.52. The molecule has 1 aliphatic carbocycles. The van der Waals surface area contributed by atoms with Crippen molar-refractivity contribution in [1.29, 1.82) is 0 Å². The summed E-state index contributed by atoms with van der Waals surface area (Å²) in [6.45, 7) is 0. The molecule has 0 N–H and O–H groups in total. The molecule has 0 amide bonds. The highest BCUT2D eigenvalue weighted by Gasteiger charge is 2.18. The first kappa shape index (κ1) is 12.2. The van der Waals surface area contributed by atoms with Crippen molar-refractivity contribution < 1.29 is 0 Å². The summed E-state index contributed by atoms with van der Waals surface area (Å²) in [6, 6.07) is 13.3. The van der Waals surface area contributed by atoms with E-state index in [0.717, 1.165) is 6.42 Å². The molecular formula is C13H8Br2S2. The Labute approximate surface area is 124 Å². The number of hydrogen-bond donors (Lipinski definition) is 0.